The quantitative estimate of drug-likeness (QED) is 0.675. The second kappa shape index (κ2) is 3.68. The number of fused-ring (bicyclic) bond motifs is 1. The fourth-order valence-electron chi connectivity index (χ4n) is 2.62. The highest BCUT2D eigenvalue weighted by atomic mass is 32.1. The molecule has 2 aliphatic carbocycles. The largest absolute Gasteiger partial charge is 0.297 e. The first-order valence-corrected chi connectivity index (χ1v) is 6.43. The Morgan fingerprint density at radius 3 is 3.05 bits per heavy atom. The average Bonchev–Trinajstić information content (AvgIpc) is 2.72. The van der Waals surface area contributed by atoms with E-state index in [0.717, 1.165) is 33.2 Å². The maximum Gasteiger partial charge on any atom is 0.162 e. The Morgan fingerprint density at radius 1 is 1.26 bits per heavy atom. The van der Waals surface area contributed by atoms with Gasteiger partial charge in [-0.1, -0.05) is 12.2 Å². The molecule has 0 atom stereocenters. The average molecular weight is 267 g/mol. The Morgan fingerprint density at radius 2 is 2.16 bits per heavy atom. The standard InChI is InChI=1S/C14H9N3OS/c18-9-3-8-6-15-11-5-10(19)1-2-13(11)17-7-16-12(4-9)14(8)17/h1-3,6-7H,4-5H2. The van der Waals surface area contributed by atoms with E-state index in [-0.39, 0.29) is 5.78 Å². The lowest BCUT2D eigenvalue weighted by atomic mass is 10.00. The van der Waals surface area contributed by atoms with Crippen molar-refractivity contribution in [1.29, 1.82) is 0 Å². The van der Waals surface area contributed by atoms with Crippen LogP contribution in [-0.2, 0) is 11.2 Å². The first-order valence-electron chi connectivity index (χ1n) is 6.02. The van der Waals surface area contributed by atoms with Crippen LogP contribution in [0, 0.1) is 0 Å². The number of hydrogen-bond donors (Lipinski definition) is 0. The molecule has 0 aromatic carbocycles. The Bertz CT molecular complexity index is 762. The Labute approximate surface area is 114 Å². The summed E-state index contributed by atoms with van der Waals surface area (Å²) in [5, 5.41) is 0. The van der Waals surface area contributed by atoms with Gasteiger partial charge in [0, 0.05) is 23.1 Å². The van der Waals surface area contributed by atoms with E-state index >= 15 is 0 Å². The van der Waals surface area contributed by atoms with Crippen LogP contribution in [0.5, 0.6) is 0 Å². The summed E-state index contributed by atoms with van der Waals surface area (Å²) in [5.41, 5.74) is 4.55. The summed E-state index contributed by atoms with van der Waals surface area (Å²) < 4.78 is 2.01. The maximum atomic E-state index is 11.7. The predicted molar refractivity (Wildman–Crippen MR) is 77.0 cm³/mol. The van der Waals surface area contributed by atoms with Crippen molar-refractivity contribution in [3.63, 3.8) is 0 Å². The smallest absolute Gasteiger partial charge is 0.162 e. The Balaban J connectivity index is 2.01. The van der Waals surface area contributed by atoms with Gasteiger partial charge in [-0.2, -0.15) is 0 Å². The van der Waals surface area contributed by atoms with Crippen LogP contribution in [0.2, 0.25) is 0 Å². The van der Waals surface area contributed by atoms with E-state index in [4.69, 9.17) is 12.2 Å². The molecular formula is C14H9N3OS. The molecule has 2 heterocycles. The van der Waals surface area contributed by atoms with Gasteiger partial charge in [0.25, 0.3) is 0 Å². The van der Waals surface area contributed by atoms with E-state index in [0.29, 0.717) is 12.8 Å². The fraction of sp³-hybridized carbons (Fsp3) is 0.143. The monoisotopic (exact) mass is 267 g/mol. The second-order valence-corrected chi connectivity index (χ2v) is 5.24. The van der Waals surface area contributed by atoms with Gasteiger partial charge < -0.3 is 0 Å². The molecule has 1 aromatic heterocycles. The molecule has 92 valence electrons. The van der Waals surface area contributed by atoms with Crippen LogP contribution >= 0.6 is 12.2 Å². The van der Waals surface area contributed by atoms with Crippen molar-refractivity contribution < 1.29 is 4.79 Å². The number of carbonyl (C=O) groups excluding carboxylic acids is 1. The highest BCUT2D eigenvalue weighted by Gasteiger charge is 2.26. The van der Waals surface area contributed by atoms with Gasteiger partial charge in [-0.25, -0.2) is 4.98 Å². The minimum atomic E-state index is 0.0742. The van der Waals surface area contributed by atoms with Crippen LogP contribution in [0.4, 0.5) is 0 Å². The molecule has 0 radical (unpaired) electrons. The van der Waals surface area contributed by atoms with Gasteiger partial charge in [-0.15, -0.1) is 0 Å². The summed E-state index contributed by atoms with van der Waals surface area (Å²) >= 11 is 5.22. The van der Waals surface area contributed by atoms with E-state index in [1.807, 2.05) is 16.7 Å². The summed E-state index contributed by atoms with van der Waals surface area (Å²) in [4.78, 5) is 21.4. The van der Waals surface area contributed by atoms with E-state index in [1.54, 1.807) is 18.6 Å². The number of thiocarbonyl (C=S) groups is 1. The first kappa shape index (κ1) is 10.8. The van der Waals surface area contributed by atoms with Gasteiger partial charge in [-0.05, 0) is 18.2 Å². The first-order chi connectivity index (χ1) is 9.22. The molecule has 1 aliphatic heterocycles. The van der Waals surface area contributed by atoms with Crippen molar-refractivity contribution in [2.75, 3.05) is 0 Å². The van der Waals surface area contributed by atoms with Crippen molar-refractivity contribution in [3.8, 4) is 0 Å². The lowest BCUT2D eigenvalue weighted by molar-refractivity contribution is -0.114. The van der Waals surface area contributed by atoms with Crippen LogP contribution in [0.3, 0.4) is 0 Å². The molecule has 4 rings (SSSR count). The summed E-state index contributed by atoms with van der Waals surface area (Å²) in [6, 6.07) is 0. The molecule has 0 unspecified atom stereocenters. The molecule has 0 N–H and O–H groups in total. The van der Waals surface area contributed by atoms with E-state index in [1.165, 1.54) is 0 Å². The van der Waals surface area contributed by atoms with Crippen molar-refractivity contribution >= 4 is 40.4 Å². The SMILES string of the molecule is O=C1C=C2C=NC3=C(C=CC(=S)C3)n3cnc(c32)C1. The topological polar surface area (TPSA) is 47.2 Å². The second-order valence-electron chi connectivity index (χ2n) is 4.72. The molecule has 0 fully saturated rings. The summed E-state index contributed by atoms with van der Waals surface area (Å²) in [6.07, 6.45) is 10.1. The zero-order valence-electron chi connectivity index (χ0n) is 9.96. The molecule has 1 aromatic rings. The number of imidazole rings is 1. The van der Waals surface area contributed by atoms with Crippen molar-refractivity contribution in [2.45, 2.75) is 12.8 Å². The minimum absolute atomic E-state index is 0.0742. The Kier molecular flexibility index (Phi) is 2.08. The third-order valence-electron chi connectivity index (χ3n) is 3.46. The number of aliphatic imine (C=N–C) groups is 1. The van der Waals surface area contributed by atoms with Gasteiger partial charge >= 0.3 is 0 Å². The summed E-state index contributed by atoms with van der Waals surface area (Å²) in [5.74, 6) is 0.0742. The third-order valence-corrected chi connectivity index (χ3v) is 3.74. The molecular weight excluding hydrogens is 258 g/mol. The molecule has 0 amide bonds. The van der Waals surface area contributed by atoms with Crippen molar-refractivity contribution in [2.24, 2.45) is 4.99 Å². The highest BCUT2D eigenvalue weighted by molar-refractivity contribution is 7.80. The van der Waals surface area contributed by atoms with Crippen LogP contribution in [0.15, 0.2) is 35.2 Å². The molecule has 0 saturated heterocycles. The summed E-state index contributed by atoms with van der Waals surface area (Å²) in [7, 11) is 0. The lowest BCUT2D eigenvalue weighted by Crippen LogP contribution is -2.12. The fourth-order valence-corrected chi connectivity index (χ4v) is 2.83. The van der Waals surface area contributed by atoms with Crippen LogP contribution < -0.4 is 0 Å². The van der Waals surface area contributed by atoms with Gasteiger partial charge in [0.15, 0.2) is 5.78 Å². The van der Waals surface area contributed by atoms with Crippen LogP contribution in [0.1, 0.15) is 17.8 Å². The predicted octanol–water partition coefficient (Wildman–Crippen LogP) is 1.97. The number of hydrogen-bond acceptors (Lipinski definition) is 4. The normalized spacial score (nSPS) is 20.1. The highest BCUT2D eigenvalue weighted by Crippen LogP contribution is 2.33. The molecule has 4 nitrogen and oxygen atoms in total. The Hall–Kier alpha value is -2.14. The molecule has 0 bridgehead atoms. The van der Waals surface area contributed by atoms with Gasteiger partial charge in [0.2, 0.25) is 0 Å². The maximum absolute atomic E-state index is 11.7. The van der Waals surface area contributed by atoms with Crippen molar-refractivity contribution in [3.05, 3.63) is 41.6 Å². The lowest BCUT2D eigenvalue weighted by Gasteiger charge is -2.15. The number of ketones is 1. The van der Waals surface area contributed by atoms with E-state index in [9.17, 15) is 4.79 Å². The van der Waals surface area contributed by atoms with Gasteiger partial charge in [-0.3, -0.25) is 14.4 Å². The molecule has 5 heteroatoms. The minimum Gasteiger partial charge on any atom is -0.297 e. The van der Waals surface area contributed by atoms with Crippen LogP contribution in [0.25, 0.3) is 11.3 Å². The van der Waals surface area contributed by atoms with E-state index < -0.39 is 0 Å². The zero-order valence-corrected chi connectivity index (χ0v) is 10.8. The molecule has 0 spiro atoms. The third kappa shape index (κ3) is 1.51. The van der Waals surface area contributed by atoms with Gasteiger partial charge in [0.05, 0.1) is 29.2 Å². The number of allylic oxidation sites excluding steroid dienone is 6. The number of rotatable bonds is 0. The zero-order chi connectivity index (χ0) is 13.0. The van der Waals surface area contributed by atoms with Crippen molar-refractivity contribution in [1.82, 2.24) is 9.55 Å². The molecule has 0 saturated carbocycles. The van der Waals surface area contributed by atoms with E-state index in [2.05, 4.69) is 9.98 Å². The number of aromatic nitrogens is 2. The van der Waals surface area contributed by atoms with Crippen LogP contribution in [-0.4, -0.2) is 26.4 Å². The molecule has 19 heavy (non-hydrogen) atoms. The number of nitrogens with zero attached hydrogens (tertiary/aromatic N) is 3. The summed E-state index contributed by atoms with van der Waals surface area (Å²) in [6.45, 7) is 0. The van der Waals surface area contributed by atoms with Gasteiger partial charge in [0.1, 0.15) is 6.33 Å². The number of carbonyl (C=O) groups is 1. The molecule has 3 aliphatic rings.